The Kier molecular flexibility index (Phi) is 7.13. The van der Waals surface area contributed by atoms with Gasteiger partial charge in [0.15, 0.2) is 5.69 Å². The van der Waals surface area contributed by atoms with Gasteiger partial charge in [0.25, 0.3) is 11.8 Å². The first-order valence-corrected chi connectivity index (χ1v) is 13.0. The van der Waals surface area contributed by atoms with Crippen LogP contribution < -0.4 is 5.32 Å². The molecule has 0 fully saturated rings. The number of amides is 2. The smallest absolute Gasteiger partial charge is 0.276 e. The average Bonchev–Trinajstić information content (AvgIpc) is 3.58. The fourth-order valence-electron chi connectivity index (χ4n) is 5.10. The van der Waals surface area contributed by atoms with Crippen molar-refractivity contribution in [2.75, 3.05) is 11.9 Å². The zero-order valence-electron chi connectivity index (χ0n) is 21.9. The topological polar surface area (TPSA) is 83.0 Å². The normalized spacial score (nSPS) is 15.7. The number of hydrogen-bond donors (Lipinski definition) is 2. The molecule has 0 aliphatic carbocycles. The van der Waals surface area contributed by atoms with Gasteiger partial charge in [0, 0.05) is 38.5 Å². The molecular weight excluding hydrogens is 481 g/mol. The number of halogens is 1. The van der Waals surface area contributed by atoms with Gasteiger partial charge in [-0.1, -0.05) is 45.0 Å². The average molecular weight is 518 g/mol. The van der Waals surface area contributed by atoms with Gasteiger partial charge < -0.3 is 15.2 Å². The van der Waals surface area contributed by atoms with E-state index in [9.17, 15) is 14.0 Å². The van der Waals surface area contributed by atoms with Gasteiger partial charge in [0.2, 0.25) is 0 Å². The number of carbonyl (C=O) groups excluding carboxylic acids is 2. The highest BCUT2D eigenvalue weighted by Gasteiger charge is 2.34. The minimum atomic E-state index is -0.318. The molecule has 38 heavy (non-hydrogen) atoms. The number of rotatable bonds is 7. The van der Waals surface area contributed by atoms with Crippen LogP contribution in [0.4, 0.5) is 10.1 Å². The fourth-order valence-corrected chi connectivity index (χ4v) is 5.10. The van der Waals surface area contributed by atoms with E-state index < -0.39 is 0 Å². The number of aromatic amines is 1. The Morgan fingerprint density at radius 1 is 1.18 bits per heavy atom. The molecule has 2 aromatic carbocycles. The molecule has 200 valence electrons. The van der Waals surface area contributed by atoms with E-state index >= 15 is 0 Å². The Morgan fingerprint density at radius 3 is 2.68 bits per heavy atom. The summed E-state index contributed by atoms with van der Waals surface area (Å²) >= 11 is 0. The van der Waals surface area contributed by atoms with Crippen molar-refractivity contribution in [2.24, 2.45) is 0 Å². The molecule has 0 saturated heterocycles. The van der Waals surface area contributed by atoms with Crippen molar-refractivity contribution in [3.63, 3.8) is 0 Å². The lowest BCUT2D eigenvalue weighted by atomic mass is 9.95. The van der Waals surface area contributed by atoms with Gasteiger partial charge in [-0.25, -0.2) is 4.39 Å². The third-order valence-electron chi connectivity index (χ3n) is 7.31. The van der Waals surface area contributed by atoms with Crippen LogP contribution in [0, 0.1) is 5.82 Å². The molecule has 1 aliphatic heterocycles. The zero-order chi connectivity index (χ0) is 26.8. The van der Waals surface area contributed by atoms with Gasteiger partial charge in [-0.3, -0.25) is 14.3 Å². The van der Waals surface area contributed by atoms with E-state index in [1.54, 1.807) is 35.4 Å². The van der Waals surface area contributed by atoms with Crippen molar-refractivity contribution in [1.82, 2.24) is 19.7 Å². The van der Waals surface area contributed by atoms with Gasteiger partial charge in [0.05, 0.1) is 13.1 Å². The molecule has 2 aromatic heterocycles. The van der Waals surface area contributed by atoms with E-state index in [4.69, 9.17) is 5.10 Å². The van der Waals surface area contributed by atoms with Crippen LogP contribution in [0.15, 0.2) is 66.9 Å². The standard InChI is InChI=1S/C30H32FN5O2.2H2/c1-4-19(2)22-7-5-8-24(15-22)33-29(37)27-25-18-35(30(38)26-9-6-14-32-26)16-20(3)28(25)36(34-27)17-21-10-12-23(31)13-11-21;;/h5-15,19-20,32H,4,16-18H2,1-3H3,(H,33,37);2*1H. The summed E-state index contributed by atoms with van der Waals surface area (Å²) in [6, 6.07) is 17.7. The van der Waals surface area contributed by atoms with Crippen LogP contribution >= 0.6 is 0 Å². The summed E-state index contributed by atoms with van der Waals surface area (Å²) in [7, 11) is 0. The summed E-state index contributed by atoms with van der Waals surface area (Å²) in [6.07, 6.45) is 2.72. The number of fused-ring (bicyclic) bond motifs is 1. The maximum absolute atomic E-state index is 13.6. The fraction of sp³-hybridized carbons (Fsp3) is 0.300. The molecule has 2 unspecified atom stereocenters. The molecule has 3 heterocycles. The van der Waals surface area contributed by atoms with Crippen LogP contribution in [0.1, 0.15) is 85.2 Å². The Morgan fingerprint density at radius 2 is 1.97 bits per heavy atom. The lowest BCUT2D eigenvalue weighted by Gasteiger charge is -2.32. The molecule has 7 nitrogen and oxygen atoms in total. The molecule has 0 spiro atoms. The lowest BCUT2D eigenvalue weighted by molar-refractivity contribution is 0.0711. The van der Waals surface area contributed by atoms with Crippen LogP contribution in [0.25, 0.3) is 0 Å². The molecule has 2 N–H and O–H groups in total. The van der Waals surface area contributed by atoms with E-state index in [1.807, 2.05) is 29.8 Å². The first-order valence-electron chi connectivity index (χ1n) is 13.0. The van der Waals surface area contributed by atoms with E-state index in [2.05, 4.69) is 30.2 Å². The largest absolute Gasteiger partial charge is 0.357 e. The first kappa shape index (κ1) is 25.4. The summed E-state index contributed by atoms with van der Waals surface area (Å²) in [5, 5.41) is 7.78. The van der Waals surface area contributed by atoms with Gasteiger partial charge in [-0.2, -0.15) is 5.10 Å². The van der Waals surface area contributed by atoms with Crippen molar-refractivity contribution >= 4 is 17.5 Å². The quantitative estimate of drug-likeness (QED) is 0.297. The number of anilines is 1. The van der Waals surface area contributed by atoms with Crippen molar-refractivity contribution in [1.29, 1.82) is 0 Å². The maximum Gasteiger partial charge on any atom is 0.276 e. The van der Waals surface area contributed by atoms with Crippen LogP contribution in [-0.2, 0) is 13.1 Å². The molecule has 2 atom stereocenters. The van der Waals surface area contributed by atoms with Crippen molar-refractivity contribution in [3.8, 4) is 0 Å². The van der Waals surface area contributed by atoms with Crippen molar-refractivity contribution in [2.45, 2.75) is 52.1 Å². The molecular formula is C30H36FN5O2. The number of nitrogens with one attached hydrogen (secondary N) is 2. The number of H-pyrrole nitrogens is 1. The third kappa shape index (κ3) is 5.11. The zero-order valence-corrected chi connectivity index (χ0v) is 21.9. The highest BCUT2D eigenvalue weighted by atomic mass is 19.1. The third-order valence-corrected chi connectivity index (χ3v) is 7.31. The van der Waals surface area contributed by atoms with E-state index in [0.29, 0.717) is 36.1 Å². The Bertz CT molecular complexity index is 1450. The number of nitrogens with zero attached hydrogens (tertiary/aromatic N) is 3. The molecule has 2 amide bonds. The predicted molar refractivity (Wildman–Crippen MR) is 149 cm³/mol. The minimum absolute atomic E-state index is 0. The molecule has 8 heteroatoms. The van der Waals surface area contributed by atoms with Crippen molar-refractivity contribution in [3.05, 3.63) is 106 Å². The van der Waals surface area contributed by atoms with Crippen LogP contribution in [0.3, 0.4) is 0 Å². The van der Waals surface area contributed by atoms with E-state index in [-0.39, 0.29) is 32.9 Å². The number of hydrogen-bond acceptors (Lipinski definition) is 3. The van der Waals surface area contributed by atoms with E-state index in [0.717, 1.165) is 28.8 Å². The summed E-state index contributed by atoms with van der Waals surface area (Å²) in [6.45, 7) is 7.50. The highest BCUT2D eigenvalue weighted by molar-refractivity contribution is 6.04. The maximum atomic E-state index is 13.6. The monoisotopic (exact) mass is 517 g/mol. The van der Waals surface area contributed by atoms with Crippen molar-refractivity contribution < 1.29 is 16.8 Å². The minimum Gasteiger partial charge on any atom is -0.357 e. The van der Waals surface area contributed by atoms with Gasteiger partial charge in [0.1, 0.15) is 11.5 Å². The first-order chi connectivity index (χ1) is 18.3. The van der Waals surface area contributed by atoms with Crippen LogP contribution in [0.5, 0.6) is 0 Å². The molecule has 4 aromatic rings. The summed E-state index contributed by atoms with van der Waals surface area (Å²) in [4.78, 5) is 31.5. The second-order valence-corrected chi connectivity index (χ2v) is 10.1. The Labute approximate surface area is 224 Å². The molecule has 5 rings (SSSR count). The predicted octanol–water partition coefficient (Wildman–Crippen LogP) is 6.42. The Hall–Kier alpha value is -4.20. The number of carbonyl (C=O) groups is 2. The molecule has 0 radical (unpaired) electrons. The van der Waals surface area contributed by atoms with Crippen LogP contribution in [-0.4, -0.2) is 38.0 Å². The molecule has 0 bridgehead atoms. The van der Waals surface area contributed by atoms with Gasteiger partial charge in [-0.15, -0.1) is 0 Å². The second kappa shape index (κ2) is 10.7. The molecule has 1 aliphatic rings. The lowest BCUT2D eigenvalue weighted by Crippen LogP contribution is -2.38. The van der Waals surface area contributed by atoms with Gasteiger partial charge >= 0.3 is 0 Å². The second-order valence-electron chi connectivity index (χ2n) is 10.1. The number of aromatic nitrogens is 3. The Balaban J connectivity index is 0.00000220. The summed E-state index contributed by atoms with van der Waals surface area (Å²) in [5.41, 5.74) is 5.20. The van der Waals surface area contributed by atoms with Crippen LogP contribution in [0.2, 0.25) is 0 Å². The van der Waals surface area contributed by atoms with E-state index in [1.165, 1.54) is 12.1 Å². The SMILES string of the molecule is CCC(C)c1cccc(NC(=O)c2nn(Cc3ccc(F)cc3)c3c2CN(C(=O)c2ccc[nH]2)CC3C)c1.[HH].[HH]. The highest BCUT2D eigenvalue weighted by Crippen LogP contribution is 2.32. The number of benzene rings is 2. The molecule has 0 saturated carbocycles. The summed E-state index contributed by atoms with van der Waals surface area (Å²) < 4.78 is 15.3. The van der Waals surface area contributed by atoms with Gasteiger partial charge in [-0.05, 0) is 59.9 Å². The summed E-state index contributed by atoms with van der Waals surface area (Å²) in [5.74, 6) is -0.417.